The third kappa shape index (κ3) is 2.78. The van der Waals surface area contributed by atoms with E-state index in [-0.39, 0.29) is 0 Å². The lowest BCUT2D eigenvalue weighted by atomic mass is 10.0. The molecule has 3 aromatic rings. The standard InChI is InChI=1S/C19H18ClN3/c20-15-7-4-8-16(13-15)23-19(14-5-2-1-3-6-14)17-9-11-21-12-10-18(17)22-23/h1-8,13,21H,9-12H2. The third-order valence-corrected chi connectivity index (χ3v) is 4.49. The first-order valence-corrected chi connectivity index (χ1v) is 8.33. The van der Waals surface area contributed by atoms with E-state index in [1.165, 1.54) is 22.5 Å². The van der Waals surface area contributed by atoms with Crippen LogP contribution in [-0.4, -0.2) is 22.9 Å². The minimum absolute atomic E-state index is 0.730. The zero-order valence-electron chi connectivity index (χ0n) is 12.8. The van der Waals surface area contributed by atoms with Gasteiger partial charge in [0.25, 0.3) is 0 Å². The molecule has 4 rings (SSSR count). The van der Waals surface area contributed by atoms with E-state index in [4.69, 9.17) is 16.7 Å². The van der Waals surface area contributed by atoms with Crippen molar-refractivity contribution in [1.82, 2.24) is 15.1 Å². The van der Waals surface area contributed by atoms with E-state index in [1.807, 2.05) is 24.3 Å². The average molecular weight is 324 g/mol. The molecule has 1 N–H and O–H groups in total. The van der Waals surface area contributed by atoms with Crippen LogP contribution in [0.15, 0.2) is 54.6 Å². The van der Waals surface area contributed by atoms with Gasteiger partial charge in [0, 0.05) is 29.1 Å². The van der Waals surface area contributed by atoms with Crippen molar-refractivity contribution < 1.29 is 0 Å². The molecule has 0 radical (unpaired) electrons. The maximum atomic E-state index is 6.19. The molecule has 0 fully saturated rings. The van der Waals surface area contributed by atoms with Gasteiger partial charge in [-0.3, -0.25) is 0 Å². The van der Waals surface area contributed by atoms with Crippen molar-refractivity contribution in [3.05, 3.63) is 70.9 Å². The maximum Gasteiger partial charge on any atom is 0.0776 e. The van der Waals surface area contributed by atoms with E-state index in [0.717, 1.165) is 36.6 Å². The van der Waals surface area contributed by atoms with E-state index >= 15 is 0 Å². The Labute approximate surface area is 140 Å². The van der Waals surface area contributed by atoms with Gasteiger partial charge in [-0.25, -0.2) is 4.68 Å². The summed E-state index contributed by atoms with van der Waals surface area (Å²) in [6.45, 7) is 1.97. The van der Waals surface area contributed by atoms with Gasteiger partial charge in [-0.1, -0.05) is 48.0 Å². The van der Waals surface area contributed by atoms with Crippen molar-refractivity contribution in [3.63, 3.8) is 0 Å². The first kappa shape index (κ1) is 14.5. The lowest BCUT2D eigenvalue weighted by Crippen LogP contribution is -2.17. The second-order valence-electron chi connectivity index (χ2n) is 5.78. The van der Waals surface area contributed by atoms with Gasteiger partial charge in [0.2, 0.25) is 0 Å². The number of nitrogens with one attached hydrogen (secondary N) is 1. The molecule has 0 atom stereocenters. The Morgan fingerprint density at radius 3 is 2.61 bits per heavy atom. The molecule has 0 spiro atoms. The van der Waals surface area contributed by atoms with E-state index in [9.17, 15) is 0 Å². The fraction of sp³-hybridized carbons (Fsp3) is 0.211. The van der Waals surface area contributed by atoms with Crippen LogP contribution >= 0.6 is 11.6 Å². The molecule has 0 bridgehead atoms. The van der Waals surface area contributed by atoms with Gasteiger partial charge in [0.1, 0.15) is 0 Å². The quantitative estimate of drug-likeness (QED) is 0.775. The first-order valence-electron chi connectivity index (χ1n) is 7.96. The zero-order valence-corrected chi connectivity index (χ0v) is 13.6. The second-order valence-corrected chi connectivity index (χ2v) is 6.22. The second kappa shape index (κ2) is 6.19. The fourth-order valence-corrected chi connectivity index (χ4v) is 3.38. The molecule has 2 aromatic carbocycles. The first-order chi connectivity index (χ1) is 11.3. The molecule has 0 saturated carbocycles. The zero-order chi connectivity index (χ0) is 15.6. The van der Waals surface area contributed by atoms with Gasteiger partial charge >= 0.3 is 0 Å². The number of hydrogen-bond donors (Lipinski definition) is 1. The van der Waals surface area contributed by atoms with Gasteiger partial charge in [-0.2, -0.15) is 5.10 Å². The maximum absolute atomic E-state index is 6.19. The largest absolute Gasteiger partial charge is 0.316 e. The van der Waals surface area contributed by atoms with Gasteiger partial charge in [0.15, 0.2) is 0 Å². The number of halogens is 1. The molecule has 1 aliphatic heterocycles. The number of fused-ring (bicyclic) bond motifs is 1. The lowest BCUT2D eigenvalue weighted by molar-refractivity contribution is 0.697. The highest BCUT2D eigenvalue weighted by molar-refractivity contribution is 6.30. The third-order valence-electron chi connectivity index (χ3n) is 4.26. The Morgan fingerprint density at radius 2 is 1.78 bits per heavy atom. The highest BCUT2D eigenvalue weighted by atomic mass is 35.5. The molecule has 23 heavy (non-hydrogen) atoms. The normalized spacial score (nSPS) is 14.3. The smallest absolute Gasteiger partial charge is 0.0776 e. The molecule has 0 saturated heterocycles. The van der Waals surface area contributed by atoms with Crippen LogP contribution in [0.3, 0.4) is 0 Å². The van der Waals surface area contributed by atoms with Gasteiger partial charge in [-0.05, 0) is 31.2 Å². The Bertz CT molecular complexity index is 824. The van der Waals surface area contributed by atoms with E-state index in [1.54, 1.807) is 0 Å². The van der Waals surface area contributed by atoms with Crippen molar-refractivity contribution in [2.45, 2.75) is 12.8 Å². The molecule has 4 heteroatoms. The molecular weight excluding hydrogens is 306 g/mol. The molecule has 0 amide bonds. The molecular formula is C19H18ClN3. The van der Waals surface area contributed by atoms with Crippen LogP contribution in [0, 0.1) is 0 Å². The SMILES string of the molecule is Clc1cccc(-n2nc3c(c2-c2ccccc2)CCNCC3)c1. The van der Waals surface area contributed by atoms with E-state index < -0.39 is 0 Å². The van der Waals surface area contributed by atoms with Crippen LogP contribution < -0.4 is 5.32 Å². The predicted octanol–water partition coefficient (Wildman–Crippen LogP) is 3.88. The molecule has 1 aromatic heterocycles. The van der Waals surface area contributed by atoms with Crippen molar-refractivity contribution in [1.29, 1.82) is 0 Å². The van der Waals surface area contributed by atoms with Crippen LogP contribution in [0.25, 0.3) is 16.9 Å². The van der Waals surface area contributed by atoms with E-state index in [2.05, 4.69) is 40.3 Å². The van der Waals surface area contributed by atoms with Crippen molar-refractivity contribution in [2.75, 3.05) is 13.1 Å². The number of aromatic nitrogens is 2. The number of rotatable bonds is 2. The summed E-state index contributed by atoms with van der Waals surface area (Å²) in [6, 6.07) is 18.4. The van der Waals surface area contributed by atoms with Gasteiger partial charge in [0.05, 0.1) is 17.1 Å². The Balaban J connectivity index is 1.95. The van der Waals surface area contributed by atoms with Crippen LogP contribution in [0.1, 0.15) is 11.3 Å². The lowest BCUT2D eigenvalue weighted by Gasteiger charge is -2.10. The molecule has 0 unspecified atom stereocenters. The summed E-state index contributed by atoms with van der Waals surface area (Å²) in [7, 11) is 0. The monoisotopic (exact) mass is 323 g/mol. The summed E-state index contributed by atoms with van der Waals surface area (Å²) in [6.07, 6.45) is 1.96. The summed E-state index contributed by atoms with van der Waals surface area (Å²) in [5.74, 6) is 0. The van der Waals surface area contributed by atoms with Crippen molar-refractivity contribution in [2.24, 2.45) is 0 Å². The highest BCUT2D eigenvalue weighted by Crippen LogP contribution is 2.31. The molecule has 116 valence electrons. The summed E-state index contributed by atoms with van der Waals surface area (Å²) in [5.41, 5.74) is 5.93. The highest BCUT2D eigenvalue weighted by Gasteiger charge is 2.21. The van der Waals surface area contributed by atoms with Crippen molar-refractivity contribution >= 4 is 11.6 Å². The minimum atomic E-state index is 0.730. The number of benzene rings is 2. The van der Waals surface area contributed by atoms with E-state index in [0.29, 0.717) is 0 Å². The number of nitrogens with zero attached hydrogens (tertiary/aromatic N) is 2. The average Bonchev–Trinajstić information content (AvgIpc) is 2.79. The molecule has 0 aliphatic carbocycles. The van der Waals surface area contributed by atoms with Crippen LogP contribution in [-0.2, 0) is 12.8 Å². The molecule has 1 aliphatic rings. The predicted molar refractivity (Wildman–Crippen MR) is 94.3 cm³/mol. The molecule has 3 nitrogen and oxygen atoms in total. The van der Waals surface area contributed by atoms with Crippen LogP contribution in [0.4, 0.5) is 0 Å². The Hall–Kier alpha value is -2.10. The van der Waals surface area contributed by atoms with Gasteiger partial charge < -0.3 is 5.32 Å². The minimum Gasteiger partial charge on any atom is -0.316 e. The Morgan fingerprint density at radius 1 is 0.957 bits per heavy atom. The topological polar surface area (TPSA) is 29.9 Å². The summed E-state index contributed by atoms with van der Waals surface area (Å²) >= 11 is 6.19. The molecule has 2 heterocycles. The van der Waals surface area contributed by atoms with Crippen molar-refractivity contribution in [3.8, 4) is 16.9 Å². The summed E-state index contributed by atoms with van der Waals surface area (Å²) in [4.78, 5) is 0. The van der Waals surface area contributed by atoms with Crippen LogP contribution in [0.5, 0.6) is 0 Å². The fourth-order valence-electron chi connectivity index (χ4n) is 3.19. The summed E-state index contributed by atoms with van der Waals surface area (Å²) in [5, 5.41) is 9.10. The number of hydrogen-bond acceptors (Lipinski definition) is 2. The van der Waals surface area contributed by atoms with Gasteiger partial charge in [-0.15, -0.1) is 0 Å². The Kier molecular flexibility index (Phi) is 3.90. The summed E-state index contributed by atoms with van der Waals surface area (Å²) < 4.78 is 2.05. The van der Waals surface area contributed by atoms with Crippen LogP contribution in [0.2, 0.25) is 5.02 Å².